The molecule has 11 heteroatoms. The highest BCUT2D eigenvalue weighted by molar-refractivity contribution is 7.92. The zero-order valence-corrected chi connectivity index (χ0v) is 20.5. The Hall–Kier alpha value is -3.83. The maximum Gasteiger partial charge on any atom is 0.264 e. The van der Waals surface area contributed by atoms with Gasteiger partial charge in [-0.1, -0.05) is 18.2 Å². The van der Waals surface area contributed by atoms with Crippen molar-refractivity contribution in [2.45, 2.75) is 4.90 Å². The lowest BCUT2D eigenvalue weighted by atomic mass is 10.1. The Morgan fingerprint density at radius 1 is 1.06 bits per heavy atom. The van der Waals surface area contributed by atoms with Gasteiger partial charge in [-0.3, -0.25) is 9.10 Å². The summed E-state index contributed by atoms with van der Waals surface area (Å²) in [5.74, 6) is -0.0415. The third-order valence-corrected chi connectivity index (χ3v) is 7.59. The first kappa shape index (κ1) is 24.3. The number of nitrogens with zero attached hydrogens (tertiary/aromatic N) is 3. The monoisotopic (exact) mass is 497 g/mol. The van der Waals surface area contributed by atoms with Crippen LogP contribution in [0.4, 0.5) is 5.69 Å². The van der Waals surface area contributed by atoms with E-state index in [9.17, 15) is 13.2 Å². The molecule has 0 bridgehead atoms. The van der Waals surface area contributed by atoms with Crippen LogP contribution < -0.4 is 24.8 Å². The van der Waals surface area contributed by atoms with Gasteiger partial charge < -0.3 is 25.1 Å². The number of anilines is 1. The summed E-state index contributed by atoms with van der Waals surface area (Å²) in [7, 11) is 0.716. The first-order valence-corrected chi connectivity index (χ1v) is 12.3. The number of pyridine rings is 1. The topological polar surface area (TPSA) is 129 Å². The lowest BCUT2D eigenvalue weighted by Crippen LogP contribution is -2.40. The smallest absolute Gasteiger partial charge is 0.264 e. The summed E-state index contributed by atoms with van der Waals surface area (Å²) < 4.78 is 41.6. The number of carbonyl (C=O) groups excluding carboxylic acids is 1. The van der Waals surface area contributed by atoms with Crippen molar-refractivity contribution < 1.29 is 22.7 Å². The number of aromatic nitrogens is 2. The Balaban J connectivity index is 1.83. The number of hydrogen-bond donors (Lipinski definition) is 2. The fourth-order valence-corrected chi connectivity index (χ4v) is 5.53. The maximum atomic E-state index is 14.0. The molecule has 10 nitrogen and oxygen atoms in total. The number of carbonyl (C=O) groups is 1. The van der Waals surface area contributed by atoms with E-state index in [4.69, 9.17) is 15.2 Å². The average Bonchev–Trinajstić information content (AvgIpc) is 3.17. The Morgan fingerprint density at radius 2 is 1.80 bits per heavy atom. The molecule has 0 fully saturated rings. The standard InChI is InChI=1S/C24H27N5O5S/c1-28-19-7-5-4-6-17(19)18-14-16(8-9-20(18)28)35(31,32)29(13-12-26-22(30)15-25)21-10-11-23(33-2)27-24(21)34-3/h4-11,14H,12-13,15,25H2,1-3H3,(H,26,30). The number of rotatable bonds is 9. The number of hydrogen-bond acceptors (Lipinski definition) is 7. The van der Waals surface area contributed by atoms with Gasteiger partial charge in [-0.25, -0.2) is 8.42 Å². The van der Waals surface area contributed by atoms with Crippen molar-refractivity contribution in [3.8, 4) is 11.8 Å². The SMILES string of the molecule is COc1ccc(N(CCNC(=O)CN)S(=O)(=O)c2ccc3c(c2)c2ccccc2n3C)c(OC)n1. The van der Waals surface area contributed by atoms with Gasteiger partial charge in [0, 0.05) is 41.5 Å². The molecule has 2 aromatic carbocycles. The molecule has 0 atom stereocenters. The van der Waals surface area contributed by atoms with Crippen molar-refractivity contribution in [3.05, 3.63) is 54.6 Å². The molecule has 4 aromatic rings. The van der Waals surface area contributed by atoms with Gasteiger partial charge in [-0.05, 0) is 30.3 Å². The molecule has 4 rings (SSSR count). The van der Waals surface area contributed by atoms with Gasteiger partial charge in [0.15, 0.2) is 0 Å². The third kappa shape index (κ3) is 4.47. The minimum Gasteiger partial charge on any atom is -0.481 e. The van der Waals surface area contributed by atoms with E-state index in [2.05, 4.69) is 10.3 Å². The molecule has 0 unspecified atom stereocenters. The largest absolute Gasteiger partial charge is 0.481 e. The molecule has 2 heterocycles. The van der Waals surface area contributed by atoms with Crippen molar-refractivity contribution in [1.82, 2.24) is 14.9 Å². The number of benzene rings is 2. The Morgan fingerprint density at radius 3 is 2.51 bits per heavy atom. The number of fused-ring (bicyclic) bond motifs is 3. The first-order chi connectivity index (χ1) is 16.8. The van der Waals surface area contributed by atoms with E-state index < -0.39 is 10.0 Å². The van der Waals surface area contributed by atoms with Crippen LogP contribution in [0.5, 0.6) is 11.8 Å². The summed E-state index contributed by atoms with van der Waals surface area (Å²) >= 11 is 0. The van der Waals surface area contributed by atoms with E-state index >= 15 is 0 Å². The van der Waals surface area contributed by atoms with E-state index in [0.29, 0.717) is 0 Å². The predicted octanol–water partition coefficient (Wildman–Crippen LogP) is 2.01. The highest BCUT2D eigenvalue weighted by Crippen LogP contribution is 2.35. The molecule has 0 saturated heterocycles. The van der Waals surface area contributed by atoms with E-state index in [1.807, 2.05) is 35.9 Å². The van der Waals surface area contributed by atoms with E-state index in [-0.39, 0.29) is 47.9 Å². The number of aryl methyl sites for hydroxylation is 1. The average molecular weight is 498 g/mol. The quantitative estimate of drug-likeness (QED) is 0.362. The highest BCUT2D eigenvalue weighted by atomic mass is 32.2. The lowest BCUT2D eigenvalue weighted by molar-refractivity contribution is -0.119. The summed E-state index contributed by atoms with van der Waals surface area (Å²) in [4.78, 5) is 16.0. The third-order valence-electron chi connectivity index (χ3n) is 5.78. The van der Waals surface area contributed by atoms with Gasteiger partial charge >= 0.3 is 0 Å². The van der Waals surface area contributed by atoms with Crippen LogP contribution in [-0.4, -0.2) is 57.7 Å². The number of para-hydroxylation sites is 1. The second-order valence-corrected chi connectivity index (χ2v) is 9.63. The van der Waals surface area contributed by atoms with Crippen LogP contribution >= 0.6 is 0 Å². The Bertz CT molecular complexity index is 1500. The van der Waals surface area contributed by atoms with Gasteiger partial charge in [-0.15, -0.1) is 0 Å². The molecule has 0 aliphatic carbocycles. The van der Waals surface area contributed by atoms with Crippen molar-refractivity contribution in [2.24, 2.45) is 12.8 Å². The molecule has 1 amide bonds. The number of methoxy groups -OCH3 is 2. The summed E-state index contributed by atoms with van der Waals surface area (Å²) in [5, 5.41) is 4.39. The van der Waals surface area contributed by atoms with Crippen molar-refractivity contribution in [2.75, 3.05) is 38.2 Å². The van der Waals surface area contributed by atoms with Gasteiger partial charge in [0.1, 0.15) is 5.69 Å². The number of sulfonamides is 1. The van der Waals surface area contributed by atoms with E-state index in [0.717, 1.165) is 21.8 Å². The molecule has 3 N–H and O–H groups in total. The summed E-state index contributed by atoms with van der Waals surface area (Å²) in [6.07, 6.45) is 0. The second kappa shape index (κ2) is 9.80. The van der Waals surface area contributed by atoms with Crippen molar-refractivity contribution in [1.29, 1.82) is 0 Å². The van der Waals surface area contributed by atoms with Gasteiger partial charge in [0.2, 0.25) is 17.7 Å². The van der Waals surface area contributed by atoms with Crippen LogP contribution in [0.1, 0.15) is 0 Å². The molecule has 0 radical (unpaired) electrons. The Labute approximate surface area is 203 Å². The predicted molar refractivity (Wildman–Crippen MR) is 134 cm³/mol. The Kier molecular flexibility index (Phi) is 6.81. The van der Waals surface area contributed by atoms with E-state index in [1.54, 1.807) is 30.3 Å². The van der Waals surface area contributed by atoms with Crippen molar-refractivity contribution in [3.63, 3.8) is 0 Å². The summed E-state index contributed by atoms with van der Waals surface area (Å²) in [6, 6.07) is 16.0. The molecule has 0 aliphatic heterocycles. The van der Waals surface area contributed by atoms with Crippen LogP contribution in [-0.2, 0) is 21.9 Å². The molecule has 35 heavy (non-hydrogen) atoms. The van der Waals surface area contributed by atoms with Gasteiger partial charge in [0.25, 0.3) is 10.0 Å². The summed E-state index contributed by atoms with van der Waals surface area (Å²) in [6.45, 7) is -0.217. The summed E-state index contributed by atoms with van der Waals surface area (Å²) in [5.41, 5.74) is 7.49. The normalized spacial score (nSPS) is 11.5. The second-order valence-electron chi connectivity index (χ2n) is 7.77. The fraction of sp³-hybridized carbons (Fsp3) is 0.250. The number of amides is 1. The van der Waals surface area contributed by atoms with E-state index in [1.165, 1.54) is 18.5 Å². The number of nitrogens with one attached hydrogen (secondary N) is 1. The zero-order chi connectivity index (χ0) is 25.2. The van der Waals surface area contributed by atoms with Gasteiger partial charge in [0.05, 0.1) is 32.2 Å². The number of ether oxygens (including phenoxy) is 2. The fourth-order valence-electron chi connectivity index (χ4n) is 4.04. The lowest BCUT2D eigenvalue weighted by Gasteiger charge is -2.26. The molecule has 0 aliphatic rings. The maximum absolute atomic E-state index is 14.0. The molecule has 184 valence electrons. The number of nitrogens with two attached hydrogens (primary N) is 1. The van der Waals surface area contributed by atoms with Gasteiger partial charge in [-0.2, -0.15) is 4.98 Å². The minimum atomic E-state index is -4.08. The zero-order valence-electron chi connectivity index (χ0n) is 19.7. The highest BCUT2D eigenvalue weighted by Gasteiger charge is 2.29. The molecule has 0 spiro atoms. The van der Waals surface area contributed by atoms with Crippen LogP contribution in [0.15, 0.2) is 59.5 Å². The van der Waals surface area contributed by atoms with Crippen LogP contribution in [0.3, 0.4) is 0 Å². The molecule has 0 saturated carbocycles. The van der Waals surface area contributed by atoms with Crippen molar-refractivity contribution >= 4 is 43.4 Å². The molecule has 2 aromatic heterocycles. The first-order valence-electron chi connectivity index (χ1n) is 10.9. The van der Waals surface area contributed by atoms with Crippen LogP contribution in [0.25, 0.3) is 21.8 Å². The van der Waals surface area contributed by atoms with Crippen LogP contribution in [0.2, 0.25) is 0 Å². The molecular weight excluding hydrogens is 470 g/mol. The molecular formula is C24H27N5O5S. The minimum absolute atomic E-state index is 0.0426. The van der Waals surface area contributed by atoms with Crippen LogP contribution in [0, 0.1) is 0 Å².